The Bertz CT molecular complexity index is 923. The van der Waals surface area contributed by atoms with Crippen LogP contribution in [0.15, 0.2) is 66.1 Å². The van der Waals surface area contributed by atoms with Gasteiger partial charge in [0.1, 0.15) is 5.75 Å². The highest BCUT2D eigenvalue weighted by atomic mass is 32.2. The molecule has 2 aromatic carbocycles. The minimum atomic E-state index is -3.83. The average molecular weight is 372 g/mol. The molecule has 136 valence electrons. The number of amides is 1. The monoisotopic (exact) mass is 372 g/mol. The van der Waals surface area contributed by atoms with Crippen molar-refractivity contribution in [2.75, 3.05) is 17.4 Å². The molecular formula is C19H20N2O4S. The maximum Gasteiger partial charge on any atom is 0.264 e. The summed E-state index contributed by atoms with van der Waals surface area (Å²) in [4.78, 5) is 12.5. The van der Waals surface area contributed by atoms with Crippen LogP contribution in [0.1, 0.15) is 5.56 Å². The number of fused-ring (bicyclic) bond motifs is 1. The van der Waals surface area contributed by atoms with Gasteiger partial charge in [-0.15, -0.1) is 6.58 Å². The standard InChI is InChI=1S/C19H20N2O4S/c1-3-12-20-19(22)18-13-21(16-6-4-5-7-17(16)25-18)26(23,24)15-10-8-14(2)9-11-15/h3-11,18H,1,12-13H2,2H3,(H,20,22)/t18-/m1/s1. The molecule has 0 bridgehead atoms. The Morgan fingerprint density at radius 3 is 2.65 bits per heavy atom. The highest BCUT2D eigenvalue weighted by Crippen LogP contribution is 2.36. The predicted octanol–water partition coefficient (Wildman–Crippen LogP) is 2.25. The number of anilines is 1. The number of para-hydroxylation sites is 2. The van der Waals surface area contributed by atoms with Crippen molar-refractivity contribution in [3.63, 3.8) is 0 Å². The smallest absolute Gasteiger partial charge is 0.264 e. The number of carbonyl (C=O) groups is 1. The fourth-order valence-corrected chi connectivity index (χ4v) is 4.17. The number of ether oxygens (including phenoxy) is 1. The van der Waals surface area contributed by atoms with Crippen LogP contribution in [0.4, 0.5) is 5.69 Å². The van der Waals surface area contributed by atoms with E-state index in [2.05, 4.69) is 11.9 Å². The Labute approximate surface area is 153 Å². The van der Waals surface area contributed by atoms with E-state index in [-0.39, 0.29) is 23.9 Å². The highest BCUT2D eigenvalue weighted by molar-refractivity contribution is 7.92. The van der Waals surface area contributed by atoms with E-state index in [1.807, 2.05) is 6.92 Å². The Morgan fingerprint density at radius 1 is 1.27 bits per heavy atom. The van der Waals surface area contributed by atoms with Crippen LogP contribution in [-0.2, 0) is 14.8 Å². The molecule has 1 heterocycles. The molecule has 1 atom stereocenters. The van der Waals surface area contributed by atoms with Gasteiger partial charge in [0.05, 0.1) is 17.1 Å². The van der Waals surface area contributed by atoms with E-state index in [1.165, 1.54) is 4.31 Å². The number of rotatable bonds is 5. The zero-order valence-electron chi connectivity index (χ0n) is 14.4. The average Bonchev–Trinajstić information content (AvgIpc) is 2.65. The van der Waals surface area contributed by atoms with Crippen molar-refractivity contribution < 1.29 is 17.9 Å². The Balaban J connectivity index is 2.00. The first-order chi connectivity index (χ1) is 12.4. The van der Waals surface area contributed by atoms with E-state index in [1.54, 1.807) is 54.6 Å². The molecule has 0 aromatic heterocycles. The molecule has 1 aliphatic heterocycles. The summed E-state index contributed by atoms with van der Waals surface area (Å²) in [5, 5.41) is 2.65. The Hall–Kier alpha value is -2.80. The van der Waals surface area contributed by atoms with Gasteiger partial charge in [0.2, 0.25) is 0 Å². The predicted molar refractivity (Wildman–Crippen MR) is 99.8 cm³/mol. The first-order valence-electron chi connectivity index (χ1n) is 8.17. The van der Waals surface area contributed by atoms with Crippen LogP contribution < -0.4 is 14.4 Å². The van der Waals surface area contributed by atoms with Crippen molar-refractivity contribution in [2.24, 2.45) is 0 Å². The molecule has 2 aromatic rings. The zero-order valence-corrected chi connectivity index (χ0v) is 15.2. The maximum atomic E-state index is 13.2. The summed E-state index contributed by atoms with van der Waals surface area (Å²) in [5.74, 6) is -0.0308. The zero-order chi connectivity index (χ0) is 18.7. The third-order valence-corrected chi connectivity index (χ3v) is 5.85. The number of nitrogens with zero attached hydrogens (tertiary/aromatic N) is 1. The van der Waals surface area contributed by atoms with Gasteiger partial charge in [0.15, 0.2) is 6.10 Å². The number of nitrogens with one attached hydrogen (secondary N) is 1. The van der Waals surface area contributed by atoms with Gasteiger partial charge in [0, 0.05) is 6.54 Å². The Morgan fingerprint density at radius 2 is 1.96 bits per heavy atom. The largest absolute Gasteiger partial charge is 0.476 e. The van der Waals surface area contributed by atoms with E-state index < -0.39 is 16.1 Å². The van der Waals surface area contributed by atoms with Gasteiger partial charge in [0.25, 0.3) is 15.9 Å². The molecule has 0 unspecified atom stereocenters. The molecule has 26 heavy (non-hydrogen) atoms. The molecule has 0 saturated heterocycles. The lowest BCUT2D eigenvalue weighted by Crippen LogP contribution is -2.50. The van der Waals surface area contributed by atoms with E-state index in [0.29, 0.717) is 11.4 Å². The van der Waals surface area contributed by atoms with E-state index in [9.17, 15) is 13.2 Å². The van der Waals surface area contributed by atoms with Gasteiger partial charge in [-0.1, -0.05) is 35.9 Å². The molecule has 0 saturated carbocycles. The molecule has 0 spiro atoms. The molecule has 7 heteroatoms. The Kier molecular flexibility index (Phi) is 4.99. The van der Waals surface area contributed by atoms with Crippen molar-refractivity contribution in [1.29, 1.82) is 0 Å². The molecule has 6 nitrogen and oxygen atoms in total. The van der Waals surface area contributed by atoms with Crippen LogP contribution in [0.25, 0.3) is 0 Å². The summed E-state index contributed by atoms with van der Waals surface area (Å²) < 4.78 is 33.3. The fraction of sp³-hybridized carbons (Fsp3) is 0.211. The fourth-order valence-electron chi connectivity index (χ4n) is 2.69. The molecule has 1 N–H and O–H groups in total. The lowest BCUT2D eigenvalue weighted by molar-refractivity contribution is -0.127. The quantitative estimate of drug-likeness (QED) is 0.817. The van der Waals surface area contributed by atoms with Crippen molar-refractivity contribution >= 4 is 21.6 Å². The van der Waals surface area contributed by atoms with Crippen LogP contribution >= 0.6 is 0 Å². The summed E-state index contributed by atoms with van der Waals surface area (Å²) in [7, 11) is -3.83. The van der Waals surface area contributed by atoms with Gasteiger partial charge < -0.3 is 10.1 Å². The van der Waals surface area contributed by atoms with E-state index in [0.717, 1.165) is 5.56 Å². The van der Waals surface area contributed by atoms with Crippen molar-refractivity contribution in [3.8, 4) is 5.75 Å². The highest BCUT2D eigenvalue weighted by Gasteiger charge is 2.37. The van der Waals surface area contributed by atoms with Gasteiger partial charge in [-0.2, -0.15) is 0 Å². The van der Waals surface area contributed by atoms with Crippen molar-refractivity contribution in [1.82, 2.24) is 5.32 Å². The second kappa shape index (κ2) is 7.21. The molecule has 0 radical (unpaired) electrons. The minimum absolute atomic E-state index is 0.101. The number of carbonyl (C=O) groups excluding carboxylic acids is 1. The third-order valence-electron chi connectivity index (χ3n) is 4.06. The van der Waals surface area contributed by atoms with Crippen LogP contribution in [0.5, 0.6) is 5.75 Å². The normalized spacial score (nSPS) is 16.3. The van der Waals surface area contributed by atoms with Gasteiger partial charge in [-0.3, -0.25) is 9.10 Å². The summed E-state index contributed by atoms with van der Waals surface area (Å²) >= 11 is 0. The third kappa shape index (κ3) is 3.43. The minimum Gasteiger partial charge on any atom is -0.476 e. The summed E-state index contributed by atoms with van der Waals surface area (Å²) in [5.41, 5.74) is 1.38. The molecule has 0 aliphatic carbocycles. The van der Waals surface area contributed by atoms with E-state index >= 15 is 0 Å². The van der Waals surface area contributed by atoms with Crippen LogP contribution in [0.3, 0.4) is 0 Å². The summed E-state index contributed by atoms with van der Waals surface area (Å²) in [6.07, 6.45) is 0.611. The molecular weight excluding hydrogens is 352 g/mol. The SMILES string of the molecule is C=CCNC(=O)[C@H]1CN(S(=O)(=O)c2ccc(C)cc2)c2ccccc2O1. The van der Waals surface area contributed by atoms with Crippen LogP contribution in [0, 0.1) is 6.92 Å². The molecule has 3 rings (SSSR count). The van der Waals surface area contributed by atoms with Crippen LogP contribution in [-0.4, -0.2) is 33.5 Å². The number of hydrogen-bond acceptors (Lipinski definition) is 4. The molecule has 1 amide bonds. The number of hydrogen-bond donors (Lipinski definition) is 1. The second-order valence-electron chi connectivity index (χ2n) is 5.96. The van der Waals surface area contributed by atoms with E-state index in [4.69, 9.17) is 4.74 Å². The number of benzene rings is 2. The first-order valence-corrected chi connectivity index (χ1v) is 9.61. The van der Waals surface area contributed by atoms with Gasteiger partial charge in [-0.25, -0.2) is 8.42 Å². The van der Waals surface area contributed by atoms with Gasteiger partial charge >= 0.3 is 0 Å². The maximum absolute atomic E-state index is 13.2. The molecule has 0 fully saturated rings. The van der Waals surface area contributed by atoms with Gasteiger partial charge in [-0.05, 0) is 31.2 Å². The first kappa shape index (κ1) is 18.0. The van der Waals surface area contributed by atoms with Crippen molar-refractivity contribution in [3.05, 3.63) is 66.7 Å². The lowest BCUT2D eigenvalue weighted by Gasteiger charge is -2.34. The van der Waals surface area contributed by atoms with Crippen LogP contribution in [0.2, 0.25) is 0 Å². The lowest BCUT2D eigenvalue weighted by atomic mass is 10.2. The molecule has 1 aliphatic rings. The summed E-state index contributed by atoms with van der Waals surface area (Å²) in [6, 6.07) is 13.4. The summed E-state index contributed by atoms with van der Waals surface area (Å²) in [6.45, 7) is 5.62. The topological polar surface area (TPSA) is 75.7 Å². The number of sulfonamides is 1. The number of aryl methyl sites for hydroxylation is 1. The second-order valence-corrected chi connectivity index (χ2v) is 7.82. The van der Waals surface area contributed by atoms with Crippen molar-refractivity contribution in [2.45, 2.75) is 17.9 Å².